The summed E-state index contributed by atoms with van der Waals surface area (Å²) in [5.41, 5.74) is 0. The molecular formula is C11H13N3O2S. The predicted molar refractivity (Wildman–Crippen MR) is 64.3 cm³/mol. The molecule has 0 aliphatic heterocycles. The lowest BCUT2D eigenvalue weighted by Crippen LogP contribution is -2.44. The Morgan fingerprint density at radius 1 is 1.53 bits per heavy atom. The molecule has 2 N–H and O–H groups in total. The highest BCUT2D eigenvalue weighted by Gasteiger charge is 2.15. The fraction of sp³-hybridized carbons (Fsp3) is 0.364. The average molecular weight is 251 g/mol. The number of thiophene rings is 1. The number of carbonyl (C=O) groups excluding carboxylic acids is 2. The molecule has 0 aromatic carbocycles. The summed E-state index contributed by atoms with van der Waals surface area (Å²) in [6.07, 6.45) is 0.689. The minimum absolute atomic E-state index is 0.117. The lowest BCUT2D eigenvalue weighted by atomic mass is 10.2. The van der Waals surface area contributed by atoms with Crippen molar-refractivity contribution in [1.29, 1.82) is 5.26 Å². The summed E-state index contributed by atoms with van der Waals surface area (Å²) in [5, 5.41) is 15.0. The Morgan fingerprint density at radius 2 is 2.29 bits per heavy atom. The van der Waals surface area contributed by atoms with Gasteiger partial charge in [-0.15, -0.1) is 11.3 Å². The van der Waals surface area contributed by atoms with Crippen LogP contribution in [0.1, 0.15) is 11.8 Å². The number of nitrogens with one attached hydrogen (secondary N) is 2. The Labute approximate surface area is 103 Å². The van der Waals surface area contributed by atoms with Gasteiger partial charge in [0.2, 0.25) is 0 Å². The van der Waals surface area contributed by atoms with Gasteiger partial charge in [-0.2, -0.15) is 5.26 Å². The highest BCUT2D eigenvalue weighted by molar-refractivity contribution is 7.09. The molecule has 1 atom stereocenters. The van der Waals surface area contributed by atoms with E-state index < -0.39 is 11.8 Å². The first-order valence-corrected chi connectivity index (χ1v) is 5.99. The molecule has 0 spiro atoms. The second-order valence-electron chi connectivity index (χ2n) is 3.50. The predicted octanol–water partition coefficient (Wildman–Crippen LogP) is 0.435. The van der Waals surface area contributed by atoms with E-state index in [0.717, 1.165) is 4.88 Å². The van der Waals surface area contributed by atoms with Gasteiger partial charge in [0.05, 0.1) is 6.07 Å². The molecule has 2 amide bonds. The van der Waals surface area contributed by atoms with Crippen LogP contribution in [0.4, 0.5) is 0 Å². The largest absolute Gasteiger partial charge is 0.345 e. The van der Waals surface area contributed by atoms with Gasteiger partial charge in [0.15, 0.2) is 0 Å². The normalized spacial score (nSPS) is 11.3. The summed E-state index contributed by atoms with van der Waals surface area (Å²) >= 11 is 1.61. The van der Waals surface area contributed by atoms with Gasteiger partial charge in [0, 0.05) is 17.3 Å². The van der Waals surface area contributed by atoms with Crippen LogP contribution < -0.4 is 10.6 Å². The van der Waals surface area contributed by atoms with Crippen LogP contribution in [-0.4, -0.2) is 24.4 Å². The maximum absolute atomic E-state index is 11.4. The van der Waals surface area contributed by atoms with Crippen LogP contribution in [0.25, 0.3) is 0 Å². The molecule has 17 heavy (non-hydrogen) atoms. The Bertz CT molecular complexity index is 422. The minimum atomic E-state index is -0.774. The van der Waals surface area contributed by atoms with Crippen LogP contribution in [0.3, 0.4) is 0 Å². The van der Waals surface area contributed by atoms with Crippen LogP contribution in [0, 0.1) is 11.3 Å². The number of nitriles is 1. The topological polar surface area (TPSA) is 82.0 Å². The first-order chi connectivity index (χ1) is 8.13. The third kappa shape index (κ3) is 4.66. The summed E-state index contributed by atoms with van der Waals surface area (Å²) in [7, 11) is 0. The number of amides is 2. The molecule has 1 aromatic rings. The fourth-order valence-electron chi connectivity index (χ4n) is 1.27. The molecule has 0 aliphatic rings. The maximum atomic E-state index is 11.4. The van der Waals surface area contributed by atoms with Crippen molar-refractivity contribution in [3.05, 3.63) is 22.4 Å². The monoisotopic (exact) mass is 251 g/mol. The molecule has 1 unspecified atom stereocenters. The molecule has 1 aromatic heterocycles. The number of carbonyl (C=O) groups is 2. The molecule has 90 valence electrons. The molecule has 0 radical (unpaired) electrons. The highest BCUT2D eigenvalue weighted by atomic mass is 32.1. The molecule has 0 aliphatic carbocycles. The van der Waals surface area contributed by atoms with E-state index >= 15 is 0 Å². The van der Waals surface area contributed by atoms with E-state index in [0.29, 0.717) is 6.42 Å². The smallest absolute Gasteiger partial charge is 0.310 e. The lowest BCUT2D eigenvalue weighted by molar-refractivity contribution is -0.139. The van der Waals surface area contributed by atoms with Crippen LogP contribution in [-0.2, 0) is 16.0 Å². The molecule has 0 fully saturated rings. The third-order valence-corrected chi connectivity index (χ3v) is 2.90. The van der Waals surface area contributed by atoms with Gasteiger partial charge in [-0.25, -0.2) is 0 Å². The van der Waals surface area contributed by atoms with Gasteiger partial charge in [-0.3, -0.25) is 9.59 Å². The van der Waals surface area contributed by atoms with Gasteiger partial charge in [0.25, 0.3) is 0 Å². The van der Waals surface area contributed by atoms with Crippen LogP contribution in [0.5, 0.6) is 0 Å². The van der Waals surface area contributed by atoms with Crippen LogP contribution in [0.15, 0.2) is 17.5 Å². The highest BCUT2D eigenvalue weighted by Crippen LogP contribution is 2.10. The molecule has 6 heteroatoms. The third-order valence-electron chi connectivity index (χ3n) is 2.00. The second-order valence-corrected chi connectivity index (χ2v) is 4.53. The van der Waals surface area contributed by atoms with Crippen molar-refractivity contribution >= 4 is 23.2 Å². The minimum Gasteiger partial charge on any atom is -0.345 e. The van der Waals surface area contributed by atoms with Gasteiger partial charge in [0.1, 0.15) is 6.54 Å². The maximum Gasteiger partial charge on any atom is 0.310 e. The summed E-state index contributed by atoms with van der Waals surface area (Å²) < 4.78 is 0. The lowest BCUT2D eigenvalue weighted by Gasteiger charge is -2.11. The van der Waals surface area contributed by atoms with E-state index in [9.17, 15) is 9.59 Å². The SMILES string of the molecule is CC(Cc1cccs1)NC(=O)C(=O)NCC#N. The first-order valence-electron chi connectivity index (χ1n) is 5.11. The van der Waals surface area contributed by atoms with Crippen molar-refractivity contribution in [2.24, 2.45) is 0 Å². The molecule has 5 nitrogen and oxygen atoms in total. The van der Waals surface area contributed by atoms with Crippen LogP contribution in [0.2, 0.25) is 0 Å². The van der Waals surface area contributed by atoms with E-state index in [1.165, 1.54) is 0 Å². The van der Waals surface area contributed by atoms with E-state index in [-0.39, 0.29) is 12.6 Å². The van der Waals surface area contributed by atoms with Gasteiger partial charge >= 0.3 is 11.8 Å². The van der Waals surface area contributed by atoms with Gasteiger partial charge in [-0.05, 0) is 18.4 Å². The van der Waals surface area contributed by atoms with E-state index in [4.69, 9.17) is 5.26 Å². The van der Waals surface area contributed by atoms with Crippen molar-refractivity contribution in [1.82, 2.24) is 10.6 Å². The Hall–Kier alpha value is -1.87. The van der Waals surface area contributed by atoms with E-state index in [2.05, 4.69) is 10.6 Å². The quantitative estimate of drug-likeness (QED) is 0.601. The molecule has 0 saturated carbocycles. The number of hydrogen-bond acceptors (Lipinski definition) is 4. The number of rotatable bonds is 4. The Balaban J connectivity index is 2.35. The Kier molecular flexibility index (Phi) is 5.17. The summed E-state index contributed by atoms with van der Waals surface area (Å²) in [6, 6.07) is 5.53. The summed E-state index contributed by atoms with van der Waals surface area (Å²) in [4.78, 5) is 23.7. The van der Waals surface area contributed by atoms with Crippen molar-refractivity contribution in [2.45, 2.75) is 19.4 Å². The van der Waals surface area contributed by atoms with Crippen molar-refractivity contribution in [3.63, 3.8) is 0 Å². The molecular weight excluding hydrogens is 238 g/mol. The van der Waals surface area contributed by atoms with Gasteiger partial charge in [-0.1, -0.05) is 6.07 Å². The van der Waals surface area contributed by atoms with Gasteiger partial charge < -0.3 is 10.6 Å². The number of hydrogen-bond donors (Lipinski definition) is 2. The van der Waals surface area contributed by atoms with Crippen molar-refractivity contribution in [2.75, 3.05) is 6.54 Å². The van der Waals surface area contributed by atoms with E-state index in [1.54, 1.807) is 17.4 Å². The number of nitrogens with zero attached hydrogens (tertiary/aromatic N) is 1. The van der Waals surface area contributed by atoms with Crippen LogP contribution >= 0.6 is 11.3 Å². The molecule has 0 bridgehead atoms. The standard InChI is InChI=1S/C11H13N3O2S/c1-8(7-9-3-2-6-17-9)14-11(16)10(15)13-5-4-12/h2-3,6,8H,5,7H2,1H3,(H,13,15)(H,14,16). The van der Waals surface area contributed by atoms with Crippen molar-refractivity contribution < 1.29 is 9.59 Å². The second kappa shape index (κ2) is 6.66. The fourth-order valence-corrected chi connectivity index (χ4v) is 2.11. The molecule has 1 rings (SSSR count). The zero-order chi connectivity index (χ0) is 12.7. The average Bonchev–Trinajstić information content (AvgIpc) is 2.78. The van der Waals surface area contributed by atoms with Crippen molar-refractivity contribution in [3.8, 4) is 6.07 Å². The zero-order valence-electron chi connectivity index (χ0n) is 9.40. The van der Waals surface area contributed by atoms with E-state index in [1.807, 2.05) is 24.4 Å². The molecule has 0 saturated heterocycles. The zero-order valence-corrected chi connectivity index (χ0v) is 10.2. The first kappa shape index (κ1) is 13.2. The summed E-state index contributed by atoms with van der Waals surface area (Å²) in [6.45, 7) is 1.67. The summed E-state index contributed by atoms with van der Waals surface area (Å²) in [5.74, 6) is -1.48. The molecule has 1 heterocycles. The Morgan fingerprint density at radius 3 is 2.88 bits per heavy atom.